The van der Waals surface area contributed by atoms with Crippen molar-refractivity contribution in [1.29, 1.82) is 0 Å². The second-order valence-corrected chi connectivity index (χ2v) is 5.61. The van der Waals surface area contributed by atoms with Crippen molar-refractivity contribution in [1.82, 2.24) is 0 Å². The zero-order chi connectivity index (χ0) is 16.8. The Labute approximate surface area is 145 Å². The largest absolute Gasteiger partial charge is 0.515 e. The van der Waals surface area contributed by atoms with E-state index in [1.807, 2.05) is 30.0 Å². The molecule has 0 fully saturated rings. The highest BCUT2D eigenvalue weighted by Gasteiger charge is 2.19. The maximum Gasteiger partial charge on any atom is 0.515 e. The monoisotopic (exact) mass is 353 g/mol. The number of carbonyl (C=O) groups is 1. The van der Waals surface area contributed by atoms with Gasteiger partial charge in [-0.1, -0.05) is 41.4 Å². The van der Waals surface area contributed by atoms with Crippen molar-refractivity contribution in [2.45, 2.75) is 20.1 Å². The molecule has 0 aliphatic carbocycles. The Hall–Kier alpha value is -1.91. The van der Waals surface area contributed by atoms with E-state index < -0.39 is 12.4 Å². The number of rotatable bonds is 5. The highest BCUT2D eigenvalue weighted by Crippen LogP contribution is 2.25. The van der Waals surface area contributed by atoms with Crippen LogP contribution in [-0.4, -0.2) is 18.9 Å². The normalized spacial score (nSPS) is 11.7. The van der Waals surface area contributed by atoms with Gasteiger partial charge in [-0.15, -0.1) is 0 Å². The Morgan fingerprint density at radius 3 is 2.57 bits per heavy atom. The second-order valence-electron chi connectivity index (χ2n) is 4.77. The van der Waals surface area contributed by atoms with Crippen LogP contribution in [0.2, 0.25) is 10.0 Å². The van der Waals surface area contributed by atoms with Crippen LogP contribution in [0.4, 0.5) is 10.5 Å². The third kappa shape index (κ3) is 4.78. The van der Waals surface area contributed by atoms with Crippen molar-refractivity contribution in [2.24, 2.45) is 0 Å². The molecule has 122 valence electrons. The summed E-state index contributed by atoms with van der Waals surface area (Å²) in [5.41, 5.74) is 0.859. The minimum Gasteiger partial charge on any atom is -0.410 e. The average molecular weight is 354 g/mol. The van der Waals surface area contributed by atoms with Gasteiger partial charge in [-0.2, -0.15) is 0 Å². The van der Waals surface area contributed by atoms with Crippen molar-refractivity contribution < 1.29 is 14.3 Å². The molecule has 0 spiro atoms. The van der Waals surface area contributed by atoms with E-state index in [0.717, 1.165) is 5.69 Å². The van der Waals surface area contributed by atoms with Crippen molar-refractivity contribution >= 4 is 35.0 Å². The standard InChI is InChI=1S/C17H17Cl2NO3/c1-3-20(14-8-6-7-13(18)11-14)12(2)22-17(21)23-16-10-5-4-9-15(16)19/h4-12H,3H2,1-2H3. The lowest BCUT2D eigenvalue weighted by Gasteiger charge is -2.29. The van der Waals surface area contributed by atoms with Crippen molar-refractivity contribution in [2.75, 3.05) is 11.4 Å². The summed E-state index contributed by atoms with van der Waals surface area (Å²) in [4.78, 5) is 13.8. The van der Waals surface area contributed by atoms with Crippen LogP contribution in [0.15, 0.2) is 48.5 Å². The molecule has 0 aromatic heterocycles. The summed E-state index contributed by atoms with van der Waals surface area (Å²) < 4.78 is 10.4. The number of halogens is 2. The summed E-state index contributed by atoms with van der Waals surface area (Å²) in [6.45, 7) is 4.36. The average Bonchev–Trinajstić information content (AvgIpc) is 2.50. The van der Waals surface area contributed by atoms with E-state index in [2.05, 4.69) is 0 Å². The van der Waals surface area contributed by atoms with E-state index in [1.165, 1.54) is 0 Å². The van der Waals surface area contributed by atoms with Gasteiger partial charge in [-0.3, -0.25) is 0 Å². The lowest BCUT2D eigenvalue weighted by Crippen LogP contribution is -2.37. The first-order valence-electron chi connectivity index (χ1n) is 7.16. The molecule has 0 aliphatic rings. The molecular weight excluding hydrogens is 337 g/mol. The molecule has 0 heterocycles. The summed E-state index contributed by atoms with van der Waals surface area (Å²) in [7, 11) is 0. The summed E-state index contributed by atoms with van der Waals surface area (Å²) in [6, 6.07) is 14.0. The molecule has 0 saturated heterocycles. The fraction of sp³-hybridized carbons (Fsp3) is 0.235. The Morgan fingerprint density at radius 1 is 1.17 bits per heavy atom. The van der Waals surface area contributed by atoms with Crippen LogP contribution in [0.5, 0.6) is 5.75 Å². The first-order valence-corrected chi connectivity index (χ1v) is 7.92. The van der Waals surface area contributed by atoms with E-state index in [1.54, 1.807) is 37.3 Å². The molecule has 6 heteroatoms. The number of anilines is 1. The third-order valence-corrected chi connectivity index (χ3v) is 3.76. The van der Waals surface area contributed by atoms with Crippen LogP contribution in [0.25, 0.3) is 0 Å². The molecule has 23 heavy (non-hydrogen) atoms. The number of ether oxygens (including phenoxy) is 2. The summed E-state index contributed by atoms with van der Waals surface area (Å²) in [5, 5.41) is 0.964. The van der Waals surface area contributed by atoms with Gasteiger partial charge < -0.3 is 14.4 Å². The number of hydrogen-bond donors (Lipinski definition) is 0. The van der Waals surface area contributed by atoms with Crippen LogP contribution in [0.1, 0.15) is 13.8 Å². The zero-order valence-corrected chi connectivity index (χ0v) is 14.3. The number of hydrogen-bond acceptors (Lipinski definition) is 4. The number of benzene rings is 2. The molecule has 0 aliphatic heterocycles. The van der Waals surface area contributed by atoms with Crippen LogP contribution >= 0.6 is 23.2 Å². The van der Waals surface area contributed by atoms with Crippen LogP contribution in [-0.2, 0) is 4.74 Å². The lowest BCUT2D eigenvalue weighted by atomic mass is 10.3. The maximum absolute atomic E-state index is 11.9. The first-order chi connectivity index (χ1) is 11.0. The van der Waals surface area contributed by atoms with Gasteiger partial charge in [0.25, 0.3) is 0 Å². The highest BCUT2D eigenvalue weighted by atomic mass is 35.5. The van der Waals surface area contributed by atoms with Gasteiger partial charge in [0.1, 0.15) is 0 Å². The third-order valence-electron chi connectivity index (χ3n) is 3.22. The molecule has 0 amide bonds. The van der Waals surface area contributed by atoms with Gasteiger partial charge in [0.2, 0.25) is 0 Å². The predicted molar refractivity (Wildman–Crippen MR) is 92.5 cm³/mol. The molecule has 0 saturated carbocycles. The maximum atomic E-state index is 11.9. The van der Waals surface area contributed by atoms with Gasteiger partial charge in [0.05, 0.1) is 5.02 Å². The predicted octanol–water partition coefficient (Wildman–Crippen LogP) is 5.38. The van der Waals surface area contributed by atoms with Crippen molar-refractivity contribution in [3.05, 3.63) is 58.6 Å². The van der Waals surface area contributed by atoms with E-state index in [9.17, 15) is 4.79 Å². The van der Waals surface area contributed by atoms with Gasteiger partial charge in [0, 0.05) is 17.3 Å². The summed E-state index contributed by atoms with van der Waals surface area (Å²) >= 11 is 12.0. The van der Waals surface area contributed by atoms with E-state index in [0.29, 0.717) is 16.6 Å². The van der Waals surface area contributed by atoms with Crippen LogP contribution in [0, 0.1) is 0 Å². The molecular formula is C17H17Cl2NO3. The topological polar surface area (TPSA) is 38.8 Å². The number of nitrogens with zero attached hydrogens (tertiary/aromatic N) is 1. The van der Waals surface area contributed by atoms with Crippen LogP contribution < -0.4 is 9.64 Å². The van der Waals surface area contributed by atoms with E-state index >= 15 is 0 Å². The van der Waals surface area contributed by atoms with Crippen molar-refractivity contribution in [3.63, 3.8) is 0 Å². The minimum absolute atomic E-state index is 0.261. The molecule has 2 aromatic carbocycles. The van der Waals surface area contributed by atoms with Gasteiger partial charge >= 0.3 is 6.16 Å². The first kappa shape index (κ1) is 17.4. The van der Waals surface area contributed by atoms with Crippen LogP contribution in [0.3, 0.4) is 0 Å². The highest BCUT2D eigenvalue weighted by molar-refractivity contribution is 6.32. The molecule has 2 rings (SSSR count). The SMILES string of the molecule is CCN(c1cccc(Cl)c1)C(C)OC(=O)Oc1ccccc1Cl. The Balaban J connectivity index is 2.03. The zero-order valence-electron chi connectivity index (χ0n) is 12.8. The van der Waals surface area contributed by atoms with Gasteiger partial charge in [-0.05, 0) is 44.2 Å². The van der Waals surface area contributed by atoms with Gasteiger partial charge in [0.15, 0.2) is 12.0 Å². The molecule has 0 bridgehead atoms. The fourth-order valence-electron chi connectivity index (χ4n) is 2.15. The molecule has 2 aromatic rings. The fourth-order valence-corrected chi connectivity index (χ4v) is 2.51. The van der Waals surface area contributed by atoms with E-state index in [4.69, 9.17) is 32.7 Å². The van der Waals surface area contributed by atoms with Crippen molar-refractivity contribution in [3.8, 4) is 5.75 Å². The quantitative estimate of drug-likeness (QED) is 0.410. The Kier molecular flexibility index (Phi) is 6.13. The summed E-state index contributed by atoms with van der Waals surface area (Å²) in [5.74, 6) is 0.261. The molecule has 1 atom stereocenters. The molecule has 4 nitrogen and oxygen atoms in total. The lowest BCUT2D eigenvalue weighted by molar-refractivity contribution is 0.0646. The molecule has 0 N–H and O–H groups in total. The van der Waals surface area contributed by atoms with Gasteiger partial charge in [-0.25, -0.2) is 4.79 Å². The smallest absolute Gasteiger partial charge is 0.410 e. The number of carbonyl (C=O) groups excluding carboxylic acids is 1. The Morgan fingerprint density at radius 2 is 1.91 bits per heavy atom. The Bertz CT molecular complexity index is 678. The number of para-hydroxylation sites is 1. The molecule has 1 unspecified atom stereocenters. The molecule has 0 radical (unpaired) electrons. The minimum atomic E-state index is -0.814. The summed E-state index contributed by atoms with van der Waals surface area (Å²) in [6.07, 6.45) is -1.33. The van der Waals surface area contributed by atoms with E-state index in [-0.39, 0.29) is 5.75 Å². The second kappa shape index (κ2) is 8.09.